The van der Waals surface area contributed by atoms with E-state index in [9.17, 15) is 9.59 Å². The largest absolute Gasteiger partial charge is 0.497 e. The van der Waals surface area contributed by atoms with Crippen LogP contribution in [-0.4, -0.2) is 13.0 Å². The molecule has 1 aliphatic heterocycles. The maximum atomic E-state index is 12.7. The fourth-order valence-corrected chi connectivity index (χ4v) is 3.57. The molecule has 0 spiro atoms. The molecule has 1 N–H and O–H groups in total. The van der Waals surface area contributed by atoms with Gasteiger partial charge in [-0.3, -0.25) is 4.79 Å². The quantitative estimate of drug-likeness (QED) is 0.670. The topological polar surface area (TPSA) is 77.8 Å². The summed E-state index contributed by atoms with van der Waals surface area (Å²) < 4.78 is 16.0. The van der Waals surface area contributed by atoms with Gasteiger partial charge in [-0.2, -0.15) is 0 Å². The van der Waals surface area contributed by atoms with Crippen LogP contribution >= 0.6 is 0 Å². The highest BCUT2D eigenvalue weighted by Crippen LogP contribution is 2.23. The average molecular weight is 405 g/mol. The van der Waals surface area contributed by atoms with E-state index in [1.54, 1.807) is 20.1 Å². The zero-order chi connectivity index (χ0) is 21.1. The van der Waals surface area contributed by atoms with Crippen molar-refractivity contribution >= 4 is 11.6 Å². The van der Waals surface area contributed by atoms with Gasteiger partial charge in [-0.05, 0) is 65.9 Å². The minimum absolute atomic E-state index is 0.0277. The van der Waals surface area contributed by atoms with Gasteiger partial charge in [0.1, 0.15) is 17.1 Å². The van der Waals surface area contributed by atoms with Gasteiger partial charge in [-0.15, -0.1) is 0 Å². The van der Waals surface area contributed by atoms with Gasteiger partial charge in [0.2, 0.25) is 0 Å². The summed E-state index contributed by atoms with van der Waals surface area (Å²) in [5.74, 6) is 0.883. The van der Waals surface area contributed by atoms with Gasteiger partial charge in [-0.25, -0.2) is 4.79 Å². The Hall–Kier alpha value is -3.38. The molecule has 0 atom stereocenters. The number of amides is 1. The number of carbonyl (C=O) groups excluding carboxylic acids is 1. The third-order valence-corrected chi connectivity index (χ3v) is 5.23. The zero-order valence-corrected chi connectivity index (χ0v) is 17.0. The fourth-order valence-electron chi connectivity index (χ4n) is 3.57. The molecule has 2 heterocycles. The number of ether oxygens (including phenoxy) is 2. The second-order valence-electron chi connectivity index (χ2n) is 7.34. The Morgan fingerprint density at radius 2 is 1.80 bits per heavy atom. The molecule has 6 heteroatoms. The number of carbonyl (C=O) groups is 1. The van der Waals surface area contributed by atoms with Crippen molar-refractivity contribution in [2.75, 3.05) is 12.4 Å². The lowest BCUT2D eigenvalue weighted by Gasteiger charge is -2.09. The summed E-state index contributed by atoms with van der Waals surface area (Å²) >= 11 is 0. The molecule has 0 aliphatic carbocycles. The summed E-state index contributed by atoms with van der Waals surface area (Å²) in [6.07, 6.45) is 1.28. The Morgan fingerprint density at radius 3 is 2.53 bits per heavy atom. The van der Waals surface area contributed by atoms with Gasteiger partial charge >= 0.3 is 5.63 Å². The Bertz CT molecular complexity index is 1130. The second-order valence-corrected chi connectivity index (χ2v) is 7.34. The molecule has 154 valence electrons. The van der Waals surface area contributed by atoms with E-state index >= 15 is 0 Å². The molecule has 4 rings (SSSR count). The van der Waals surface area contributed by atoms with Gasteiger partial charge in [0.05, 0.1) is 20.3 Å². The van der Waals surface area contributed by atoms with E-state index in [4.69, 9.17) is 13.9 Å². The highest BCUT2D eigenvalue weighted by atomic mass is 16.5. The smallest absolute Gasteiger partial charge is 0.349 e. The lowest BCUT2D eigenvalue weighted by Crippen LogP contribution is -2.23. The van der Waals surface area contributed by atoms with Gasteiger partial charge < -0.3 is 19.2 Å². The molecule has 2 aromatic carbocycles. The van der Waals surface area contributed by atoms with Crippen LogP contribution in [0.4, 0.5) is 5.69 Å². The van der Waals surface area contributed by atoms with Crippen LogP contribution in [0.5, 0.6) is 5.75 Å². The Morgan fingerprint density at radius 1 is 1.03 bits per heavy atom. The summed E-state index contributed by atoms with van der Waals surface area (Å²) in [5.41, 5.74) is 3.90. The molecule has 1 aliphatic rings. The average Bonchev–Trinajstić information content (AvgIpc) is 3.20. The van der Waals surface area contributed by atoms with E-state index in [0.717, 1.165) is 28.9 Å². The van der Waals surface area contributed by atoms with E-state index in [0.29, 0.717) is 36.6 Å². The Labute approximate surface area is 174 Å². The number of methoxy groups -OCH3 is 1. The first kappa shape index (κ1) is 19.9. The number of hydrogen-bond donors (Lipinski definition) is 1. The first-order valence-electron chi connectivity index (χ1n) is 9.81. The van der Waals surface area contributed by atoms with Crippen molar-refractivity contribution < 1.29 is 18.7 Å². The van der Waals surface area contributed by atoms with Crippen LogP contribution in [0, 0.1) is 6.92 Å². The van der Waals surface area contributed by atoms with Crippen LogP contribution in [-0.2, 0) is 30.8 Å². The summed E-state index contributed by atoms with van der Waals surface area (Å²) in [7, 11) is 1.63. The predicted molar refractivity (Wildman–Crippen MR) is 113 cm³/mol. The minimum atomic E-state index is -0.623. The maximum absolute atomic E-state index is 12.7. The molecular formula is C24H23NO5. The van der Waals surface area contributed by atoms with E-state index in [1.807, 2.05) is 42.5 Å². The first-order chi connectivity index (χ1) is 14.5. The van der Waals surface area contributed by atoms with Crippen molar-refractivity contribution in [3.05, 3.63) is 92.5 Å². The van der Waals surface area contributed by atoms with Crippen molar-refractivity contribution in [2.24, 2.45) is 0 Å². The standard InChI is InChI=1S/C24H23NO5/c1-15-11-21(10-5-16-3-8-20(28-2)9-4-16)30-24(27)22(15)23(26)25-19-7-6-17-13-29-14-18(17)12-19/h3-4,6-9,11-12H,5,10,13-14H2,1-2H3,(H,25,26). The zero-order valence-electron chi connectivity index (χ0n) is 17.0. The van der Waals surface area contributed by atoms with Crippen molar-refractivity contribution in [2.45, 2.75) is 33.0 Å². The third-order valence-electron chi connectivity index (χ3n) is 5.23. The number of fused-ring (bicyclic) bond motifs is 1. The highest BCUT2D eigenvalue weighted by Gasteiger charge is 2.18. The summed E-state index contributed by atoms with van der Waals surface area (Å²) in [5, 5.41) is 2.79. The van der Waals surface area contributed by atoms with Gasteiger partial charge in [0.15, 0.2) is 0 Å². The number of nitrogens with one attached hydrogen (secondary N) is 1. The van der Waals surface area contributed by atoms with Gasteiger partial charge in [0, 0.05) is 12.1 Å². The van der Waals surface area contributed by atoms with Crippen LogP contribution in [0.25, 0.3) is 0 Å². The molecule has 1 aromatic heterocycles. The number of rotatable bonds is 6. The highest BCUT2D eigenvalue weighted by molar-refractivity contribution is 6.04. The number of aryl methyl sites for hydroxylation is 3. The molecule has 30 heavy (non-hydrogen) atoms. The van der Waals surface area contributed by atoms with Crippen molar-refractivity contribution in [1.82, 2.24) is 0 Å². The van der Waals surface area contributed by atoms with Crippen LogP contribution < -0.4 is 15.7 Å². The molecule has 6 nitrogen and oxygen atoms in total. The second kappa shape index (κ2) is 8.55. The molecule has 3 aromatic rings. The van der Waals surface area contributed by atoms with Gasteiger partial charge in [-0.1, -0.05) is 18.2 Å². The van der Waals surface area contributed by atoms with Crippen molar-refractivity contribution in [3.8, 4) is 5.75 Å². The molecule has 1 amide bonds. The summed E-state index contributed by atoms with van der Waals surface area (Å²) in [6.45, 7) is 2.87. The monoisotopic (exact) mass is 405 g/mol. The number of anilines is 1. The molecule has 0 radical (unpaired) electrons. The van der Waals surface area contributed by atoms with Crippen LogP contribution in [0.2, 0.25) is 0 Å². The summed E-state index contributed by atoms with van der Waals surface area (Å²) in [4.78, 5) is 25.2. The molecule has 0 saturated heterocycles. The minimum Gasteiger partial charge on any atom is -0.497 e. The molecule has 0 fully saturated rings. The SMILES string of the molecule is COc1ccc(CCc2cc(C)c(C(=O)Nc3ccc4c(c3)COC4)c(=O)o2)cc1. The van der Waals surface area contributed by atoms with E-state index in [2.05, 4.69) is 5.32 Å². The van der Waals surface area contributed by atoms with E-state index in [1.165, 1.54) is 0 Å². The van der Waals surface area contributed by atoms with Crippen LogP contribution in [0.1, 0.15) is 38.4 Å². The Kier molecular flexibility index (Phi) is 5.68. The maximum Gasteiger partial charge on any atom is 0.349 e. The molecule has 0 saturated carbocycles. The van der Waals surface area contributed by atoms with Crippen LogP contribution in [0.15, 0.2) is 57.7 Å². The van der Waals surface area contributed by atoms with Crippen molar-refractivity contribution in [1.29, 1.82) is 0 Å². The first-order valence-corrected chi connectivity index (χ1v) is 9.81. The third kappa shape index (κ3) is 4.28. The number of benzene rings is 2. The lowest BCUT2D eigenvalue weighted by molar-refractivity contribution is 0.102. The molecule has 0 unspecified atom stereocenters. The van der Waals surface area contributed by atoms with Crippen LogP contribution in [0.3, 0.4) is 0 Å². The predicted octanol–water partition coefficient (Wildman–Crippen LogP) is 4.02. The lowest BCUT2D eigenvalue weighted by atomic mass is 10.1. The molecular weight excluding hydrogens is 382 g/mol. The van der Waals surface area contributed by atoms with E-state index in [-0.39, 0.29) is 5.56 Å². The summed E-state index contributed by atoms with van der Waals surface area (Å²) in [6, 6.07) is 15.1. The Balaban J connectivity index is 1.46. The fraction of sp³-hybridized carbons (Fsp3) is 0.250. The van der Waals surface area contributed by atoms with Gasteiger partial charge in [0.25, 0.3) is 5.91 Å². The van der Waals surface area contributed by atoms with Crippen molar-refractivity contribution in [3.63, 3.8) is 0 Å². The molecule has 0 bridgehead atoms. The number of hydrogen-bond acceptors (Lipinski definition) is 5. The van der Waals surface area contributed by atoms with E-state index < -0.39 is 11.5 Å². The normalized spacial score (nSPS) is 12.5.